The number of amides is 1. The molecule has 0 aliphatic rings. The molecule has 19 heavy (non-hydrogen) atoms. The lowest BCUT2D eigenvalue weighted by Gasteiger charge is -2.11. The molecule has 1 aromatic carbocycles. The topological polar surface area (TPSA) is 41.1 Å². The zero-order chi connectivity index (χ0) is 13.0. The quantitative estimate of drug-likeness (QED) is 0.890. The van der Waals surface area contributed by atoms with Gasteiger partial charge in [0.15, 0.2) is 0 Å². The highest BCUT2D eigenvalue weighted by Crippen LogP contribution is 2.29. The molecule has 0 aliphatic heterocycles. The highest BCUT2D eigenvalue weighted by atomic mass is 35.5. The van der Waals surface area contributed by atoms with Gasteiger partial charge in [-0.25, -0.2) is 0 Å². The van der Waals surface area contributed by atoms with Gasteiger partial charge in [0.2, 0.25) is 5.91 Å². The van der Waals surface area contributed by atoms with E-state index < -0.39 is 0 Å². The molecule has 1 amide bonds. The van der Waals surface area contributed by atoms with E-state index in [1.807, 2.05) is 26.1 Å². The second kappa shape index (κ2) is 7.48. The van der Waals surface area contributed by atoms with E-state index in [-0.39, 0.29) is 24.4 Å². The molecule has 104 valence electrons. The Kier molecular flexibility index (Phi) is 6.28. The first kappa shape index (κ1) is 16.0. The van der Waals surface area contributed by atoms with E-state index in [0.29, 0.717) is 13.0 Å². The van der Waals surface area contributed by atoms with Crippen LogP contribution >= 0.6 is 23.7 Å². The third-order valence-electron chi connectivity index (χ3n) is 2.85. The van der Waals surface area contributed by atoms with Crippen LogP contribution < -0.4 is 10.6 Å². The lowest BCUT2D eigenvalue weighted by molar-refractivity contribution is -0.121. The largest absolute Gasteiger partial charge is 0.349 e. The van der Waals surface area contributed by atoms with Crippen molar-refractivity contribution in [2.24, 2.45) is 0 Å². The molecule has 1 heterocycles. The standard InChI is InChI=1S/C14H18N2OS.ClH/c1-10(16-14(17)7-8-15-2)13-9-11-5-3-4-6-12(11)18-13;/h3-6,9-10,15H,7-8H2,1-2H3,(H,16,17);1H. The number of fused-ring (bicyclic) bond motifs is 1. The minimum Gasteiger partial charge on any atom is -0.349 e. The van der Waals surface area contributed by atoms with Crippen LogP contribution in [0.25, 0.3) is 10.1 Å². The summed E-state index contributed by atoms with van der Waals surface area (Å²) < 4.78 is 1.27. The van der Waals surface area contributed by atoms with Gasteiger partial charge in [0.05, 0.1) is 6.04 Å². The van der Waals surface area contributed by atoms with Crippen LogP contribution in [-0.4, -0.2) is 19.5 Å². The van der Waals surface area contributed by atoms with Crippen molar-refractivity contribution in [2.75, 3.05) is 13.6 Å². The van der Waals surface area contributed by atoms with E-state index in [2.05, 4.69) is 28.8 Å². The van der Waals surface area contributed by atoms with Gasteiger partial charge >= 0.3 is 0 Å². The van der Waals surface area contributed by atoms with Crippen LogP contribution in [0.2, 0.25) is 0 Å². The number of hydrogen-bond acceptors (Lipinski definition) is 3. The minimum atomic E-state index is 0. The maximum Gasteiger partial charge on any atom is 0.221 e. The molecule has 0 spiro atoms. The normalized spacial score (nSPS) is 11.9. The summed E-state index contributed by atoms with van der Waals surface area (Å²) >= 11 is 1.74. The van der Waals surface area contributed by atoms with Crippen molar-refractivity contribution in [3.63, 3.8) is 0 Å². The highest BCUT2D eigenvalue weighted by Gasteiger charge is 2.11. The highest BCUT2D eigenvalue weighted by molar-refractivity contribution is 7.19. The number of benzene rings is 1. The predicted molar refractivity (Wildman–Crippen MR) is 84.2 cm³/mol. The van der Waals surface area contributed by atoms with Crippen LogP contribution in [-0.2, 0) is 4.79 Å². The molecule has 3 nitrogen and oxygen atoms in total. The van der Waals surface area contributed by atoms with Crippen molar-refractivity contribution in [1.29, 1.82) is 0 Å². The summed E-state index contributed by atoms with van der Waals surface area (Å²) in [5.74, 6) is 0.0920. The van der Waals surface area contributed by atoms with Gasteiger partial charge in [-0.05, 0) is 31.5 Å². The monoisotopic (exact) mass is 298 g/mol. The molecule has 0 aliphatic carbocycles. The molecule has 1 atom stereocenters. The Labute approximate surface area is 123 Å². The second-order valence-electron chi connectivity index (χ2n) is 4.33. The fraction of sp³-hybridized carbons (Fsp3) is 0.357. The lowest BCUT2D eigenvalue weighted by atomic mass is 10.2. The molecule has 0 radical (unpaired) electrons. The molecule has 1 aromatic heterocycles. The summed E-state index contributed by atoms with van der Waals surface area (Å²) in [7, 11) is 1.85. The Balaban J connectivity index is 0.00000180. The molecule has 2 N–H and O–H groups in total. The van der Waals surface area contributed by atoms with E-state index in [9.17, 15) is 4.79 Å². The van der Waals surface area contributed by atoms with Crippen LogP contribution in [0.4, 0.5) is 0 Å². The first-order chi connectivity index (χ1) is 8.70. The van der Waals surface area contributed by atoms with Gasteiger partial charge in [-0.15, -0.1) is 23.7 Å². The van der Waals surface area contributed by atoms with Gasteiger partial charge in [0.25, 0.3) is 0 Å². The van der Waals surface area contributed by atoms with Crippen LogP contribution in [0.15, 0.2) is 30.3 Å². The van der Waals surface area contributed by atoms with Crippen LogP contribution in [0.1, 0.15) is 24.3 Å². The zero-order valence-electron chi connectivity index (χ0n) is 11.1. The van der Waals surface area contributed by atoms with Crippen molar-refractivity contribution in [1.82, 2.24) is 10.6 Å². The molecule has 1 unspecified atom stereocenters. The van der Waals surface area contributed by atoms with Crippen molar-refractivity contribution in [3.05, 3.63) is 35.2 Å². The van der Waals surface area contributed by atoms with Crippen molar-refractivity contribution in [2.45, 2.75) is 19.4 Å². The fourth-order valence-corrected chi connectivity index (χ4v) is 2.91. The van der Waals surface area contributed by atoms with E-state index >= 15 is 0 Å². The van der Waals surface area contributed by atoms with Gasteiger partial charge < -0.3 is 10.6 Å². The molecule has 2 rings (SSSR count). The molecule has 0 saturated carbocycles. The number of hydrogen-bond donors (Lipinski definition) is 2. The SMILES string of the molecule is CNCCC(=O)NC(C)c1cc2ccccc2s1.Cl. The lowest BCUT2D eigenvalue weighted by Crippen LogP contribution is -2.28. The molecular formula is C14H19ClN2OS. The van der Waals surface area contributed by atoms with Crippen molar-refractivity contribution in [3.8, 4) is 0 Å². The summed E-state index contributed by atoms with van der Waals surface area (Å²) in [5, 5.41) is 7.24. The number of halogens is 1. The first-order valence-electron chi connectivity index (χ1n) is 6.13. The third kappa shape index (κ3) is 4.20. The Morgan fingerprint density at radius 3 is 2.79 bits per heavy atom. The van der Waals surface area contributed by atoms with Gasteiger partial charge in [-0.2, -0.15) is 0 Å². The smallest absolute Gasteiger partial charge is 0.221 e. The maximum atomic E-state index is 11.7. The Bertz CT molecular complexity index is 508. The number of carbonyl (C=O) groups is 1. The average Bonchev–Trinajstić information content (AvgIpc) is 2.80. The number of thiophene rings is 1. The molecule has 2 aromatic rings. The third-order valence-corrected chi connectivity index (χ3v) is 4.15. The van der Waals surface area contributed by atoms with Crippen molar-refractivity contribution >= 4 is 39.7 Å². The van der Waals surface area contributed by atoms with Gasteiger partial charge in [-0.3, -0.25) is 4.79 Å². The number of carbonyl (C=O) groups excluding carboxylic acids is 1. The van der Waals surface area contributed by atoms with Crippen LogP contribution in [0.5, 0.6) is 0 Å². The van der Waals surface area contributed by atoms with E-state index in [0.717, 1.165) is 0 Å². The Hall–Kier alpha value is -1.10. The molecule has 5 heteroatoms. The number of nitrogens with one attached hydrogen (secondary N) is 2. The minimum absolute atomic E-state index is 0. The van der Waals surface area contributed by atoms with Crippen molar-refractivity contribution < 1.29 is 4.79 Å². The van der Waals surface area contributed by atoms with E-state index in [4.69, 9.17) is 0 Å². The van der Waals surface area contributed by atoms with Gasteiger partial charge in [-0.1, -0.05) is 18.2 Å². The van der Waals surface area contributed by atoms with Crippen LogP contribution in [0.3, 0.4) is 0 Å². The Morgan fingerprint density at radius 1 is 1.37 bits per heavy atom. The molecular weight excluding hydrogens is 280 g/mol. The second-order valence-corrected chi connectivity index (χ2v) is 5.44. The predicted octanol–water partition coefficient (Wildman–Crippen LogP) is 3.11. The summed E-state index contributed by atoms with van der Waals surface area (Å²) in [6.45, 7) is 2.74. The fourth-order valence-electron chi connectivity index (χ4n) is 1.84. The summed E-state index contributed by atoms with van der Waals surface area (Å²) in [4.78, 5) is 12.9. The average molecular weight is 299 g/mol. The summed E-state index contributed by atoms with van der Waals surface area (Å²) in [5.41, 5.74) is 0. The first-order valence-corrected chi connectivity index (χ1v) is 6.95. The Morgan fingerprint density at radius 2 is 2.11 bits per heavy atom. The van der Waals surface area contributed by atoms with E-state index in [1.54, 1.807) is 11.3 Å². The summed E-state index contributed by atoms with van der Waals surface area (Å²) in [6.07, 6.45) is 0.520. The molecule has 0 saturated heterocycles. The maximum absolute atomic E-state index is 11.7. The van der Waals surface area contributed by atoms with Crippen LogP contribution in [0, 0.1) is 0 Å². The number of rotatable bonds is 5. The van der Waals surface area contributed by atoms with Gasteiger partial charge in [0.1, 0.15) is 0 Å². The molecule has 0 fully saturated rings. The summed E-state index contributed by atoms with van der Waals surface area (Å²) in [6, 6.07) is 10.5. The van der Waals surface area contributed by atoms with Gasteiger partial charge in [0, 0.05) is 22.5 Å². The molecule has 0 bridgehead atoms. The zero-order valence-corrected chi connectivity index (χ0v) is 12.7. The van der Waals surface area contributed by atoms with E-state index in [1.165, 1.54) is 15.0 Å².